The van der Waals surface area contributed by atoms with E-state index in [0.29, 0.717) is 17.9 Å². The molecule has 0 spiro atoms. The monoisotopic (exact) mass is 378 g/mol. The van der Waals surface area contributed by atoms with Gasteiger partial charge in [-0.25, -0.2) is 25.9 Å². The Bertz CT molecular complexity index is 758. The van der Waals surface area contributed by atoms with Crippen molar-refractivity contribution in [3.8, 4) is 5.75 Å². The van der Waals surface area contributed by atoms with Crippen LogP contribution in [0, 0.1) is 12.8 Å². The van der Waals surface area contributed by atoms with Gasteiger partial charge in [0, 0.05) is 19.6 Å². The Labute approximate surface area is 145 Å². The van der Waals surface area contributed by atoms with Crippen molar-refractivity contribution in [3.63, 3.8) is 0 Å². The second-order valence-corrected chi connectivity index (χ2v) is 9.76. The van der Waals surface area contributed by atoms with Gasteiger partial charge in [-0.2, -0.15) is 0 Å². The smallest absolute Gasteiger partial charge is 0.240 e. The maximum atomic E-state index is 12.4. The van der Waals surface area contributed by atoms with Crippen molar-refractivity contribution in [2.45, 2.75) is 25.7 Å². The summed E-state index contributed by atoms with van der Waals surface area (Å²) >= 11 is 0. The molecule has 0 unspecified atom stereocenters. The lowest BCUT2D eigenvalue weighted by molar-refractivity contribution is 0.372. The van der Waals surface area contributed by atoms with Gasteiger partial charge in [0.15, 0.2) is 0 Å². The lowest BCUT2D eigenvalue weighted by atomic mass is 10.2. The molecule has 24 heavy (non-hydrogen) atoms. The Kier molecular flexibility index (Phi) is 7.21. The van der Waals surface area contributed by atoms with Crippen LogP contribution in [-0.4, -0.2) is 54.1 Å². The molecule has 7 nitrogen and oxygen atoms in total. The van der Waals surface area contributed by atoms with Crippen LogP contribution in [0.25, 0.3) is 0 Å². The molecule has 0 bridgehead atoms. The second-order valence-electron chi connectivity index (χ2n) is 6.04. The molecule has 0 aliphatic heterocycles. The first-order valence-corrected chi connectivity index (χ1v) is 10.9. The molecule has 9 heteroatoms. The van der Waals surface area contributed by atoms with E-state index >= 15 is 0 Å². The van der Waals surface area contributed by atoms with E-state index in [1.54, 1.807) is 19.1 Å². The van der Waals surface area contributed by atoms with Gasteiger partial charge >= 0.3 is 0 Å². The number of hydrogen-bond acceptors (Lipinski definition) is 5. The molecule has 0 saturated carbocycles. The quantitative estimate of drug-likeness (QED) is 0.697. The summed E-state index contributed by atoms with van der Waals surface area (Å²) in [6, 6.07) is 4.68. The highest BCUT2D eigenvalue weighted by atomic mass is 32.2. The summed E-state index contributed by atoms with van der Waals surface area (Å²) in [7, 11) is -5.58. The van der Waals surface area contributed by atoms with E-state index in [4.69, 9.17) is 4.74 Å². The van der Waals surface area contributed by atoms with Crippen molar-refractivity contribution in [1.82, 2.24) is 9.03 Å². The Morgan fingerprint density at radius 3 is 2.29 bits per heavy atom. The predicted octanol–water partition coefficient (Wildman–Crippen LogP) is 1.20. The SMILES string of the molecule is COc1ccc(S(=O)(=O)NCCN(CC(C)C)S(C)(=O)=O)c(C)c1. The fraction of sp³-hybridized carbons (Fsp3) is 0.600. The first-order chi connectivity index (χ1) is 11.0. The van der Waals surface area contributed by atoms with Crippen LogP contribution in [0.4, 0.5) is 0 Å². The van der Waals surface area contributed by atoms with Gasteiger partial charge in [0.1, 0.15) is 5.75 Å². The number of rotatable bonds is 9. The molecule has 0 aliphatic carbocycles. The van der Waals surface area contributed by atoms with Crippen molar-refractivity contribution < 1.29 is 21.6 Å². The molecular weight excluding hydrogens is 352 g/mol. The Morgan fingerprint density at radius 1 is 1.21 bits per heavy atom. The maximum absolute atomic E-state index is 12.4. The second kappa shape index (κ2) is 8.28. The van der Waals surface area contributed by atoms with Crippen LogP contribution >= 0.6 is 0 Å². The molecule has 1 aromatic carbocycles. The molecule has 1 N–H and O–H groups in total. The van der Waals surface area contributed by atoms with E-state index in [9.17, 15) is 16.8 Å². The molecular formula is C15H26N2O5S2. The van der Waals surface area contributed by atoms with Gasteiger partial charge in [-0.05, 0) is 36.6 Å². The van der Waals surface area contributed by atoms with Gasteiger partial charge in [-0.3, -0.25) is 0 Å². The van der Waals surface area contributed by atoms with Crippen molar-refractivity contribution in [2.24, 2.45) is 5.92 Å². The van der Waals surface area contributed by atoms with Gasteiger partial charge in [-0.15, -0.1) is 0 Å². The van der Waals surface area contributed by atoms with E-state index in [-0.39, 0.29) is 23.9 Å². The largest absolute Gasteiger partial charge is 0.497 e. The molecule has 0 amide bonds. The average Bonchev–Trinajstić information content (AvgIpc) is 2.44. The molecule has 1 aromatic rings. The summed E-state index contributed by atoms with van der Waals surface area (Å²) in [5.41, 5.74) is 0.559. The van der Waals surface area contributed by atoms with Gasteiger partial charge < -0.3 is 4.74 Å². The summed E-state index contributed by atoms with van der Waals surface area (Å²) in [5.74, 6) is 0.729. The van der Waals surface area contributed by atoms with Gasteiger partial charge in [0.2, 0.25) is 20.0 Å². The average molecular weight is 379 g/mol. The minimum absolute atomic E-state index is 0.00753. The van der Waals surface area contributed by atoms with Crippen molar-refractivity contribution in [1.29, 1.82) is 0 Å². The molecule has 0 aliphatic rings. The summed E-state index contributed by atoms with van der Waals surface area (Å²) < 4.78 is 57.1. The highest BCUT2D eigenvalue weighted by Gasteiger charge is 2.20. The fourth-order valence-corrected chi connectivity index (χ4v) is 4.47. The topological polar surface area (TPSA) is 92.8 Å². The lowest BCUT2D eigenvalue weighted by Gasteiger charge is -2.22. The van der Waals surface area contributed by atoms with Crippen molar-refractivity contribution in [3.05, 3.63) is 23.8 Å². The molecule has 0 saturated heterocycles. The van der Waals surface area contributed by atoms with Crippen LogP contribution in [0.15, 0.2) is 23.1 Å². The summed E-state index contributed by atoms with van der Waals surface area (Å²) in [5, 5.41) is 0. The summed E-state index contributed by atoms with van der Waals surface area (Å²) in [6.45, 7) is 5.94. The third-order valence-electron chi connectivity index (χ3n) is 3.36. The third kappa shape index (κ3) is 6.04. The van der Waals surface area contributed by atoms with Crippen LogP contribution in [0.5, 0.6) is 5.75 Å². The molecule has 138 valence electrons. The molecule has 0 radical (unpaired) electrons. The standard InChI is InChI=1S/C15H26N2O5S2/c1-12(2)11-17(23(5,18)19)9-8-16-24(20,21)15-7-6-14(22-4)10-13(15)3/h6-7,10,12,16H,8-9,11H2,1-5H3. The zero-order valence-corrected chi connectivity index (χ0v) is 16.4. The highest BCUT2D eigenvalue weighted by molar-refractivity contribution is 7.89. The van der Waals surface area contributed by atoms with Gasteiger partial charge in [0.25, 0.3) is 0 Å². The van der Waals surface area contributed by atoms with E-state index in [2.05, 4.69) is 4.72 Å². The van der Waals surface area contributed by atoms with Gasteiger partial charge in [0.05, 0.1) is 18.3 Å². The first kappa shape index (κ1) is 20.9. The van der Waals surface area contributed by atoms with Crippen molar-refractivity contribution >= 4 is 20.0 Å². The lowest BCUT2D eigenvalue weighted by Crippen LogP contribution is -2.40. The first-order valence-electron chi connectivity index (χ1n) is 7.57. The van der Waals surface area contributed by atoms with Crippen LogP contribution in [0.3, 0.4) is 0 Å². The number of methoxy groups -OCH3 is 1. The van der Waals surface area contributed by atoms with Crippen LogP contribution in [0.1, 0.15) is 19.4 Å². The summed E-state index contributed by atoms with van der Waals surface area (Å²) in [6.07, 6.45) is 1.12. The fourth-order valence-electron chi connectivity index (χ4n) is 2.23. The Balaban J connectivity index is 2.81. The minimum Gasteiger partial charge on any atom is -0.497 e. The third-order valence-corrected chi connectivity index (χ3v) is 6.25. The number of ether oxygens (including phenoxy) is 1. The van der Waals surface area contributed by atoms with E-state index < -0.39 is 20.0 Å². The Hall–Kier alpha value is -1.16. The van der Waals surface area contributed by atoms with E-state index in [0.717, 1.165) is 6.26 Å². The normalized spacial score (nSPS) is 12.8. The van der Waals surface area contributed by atoms with Crippen LogP contribution < -0.4 is 9.46 Å². The molecule has 0 atom stereocenters. The van der Waals surface area contributed by atoms with Crippen LogP contribution in [0.2, 0.25) is 0 Å². The van der Waals surface area contributed by atoms with E-state index in [1.165, 1.54) is 17.5 Å². The number of nitrogens with one attached hydrogen (secondary N) is 1. The number of nitrogens with zero attached hydrogens (tertiary/aromatic N) is 1. The van der Waals surface area contributed by atoms with Crippen LogP contribution in [-0.2, 0) is 20.0 Å². The van der Waals surface area contributed by atoms with Crippen molar-refractivity contribution in [2.75, 3.05) is 33.0 Å². The zero-order valence-electron chi connectivity index (χ0n) is 14.7. The molecule has 0 aromatic heterocycles. The maximum Gasteiger partial charge on any atom is 0.240 e. The summed E-state index contributed by atoms with van der Waals surface area (Å²) in [4.78, 5) is 0.151. The Morgan fingerprint density at radius 2 is 1.83 bits per heavy atom. The predicted molar refractivity (Wildman–Crippen MR) is 94.2 cm³/mol. The number of sulfonamides is 2. The number of benzene rings is 1. The minimum atomic E-state index is -3.71. The highest BCUT2D eigenvalue weighted by Crippen LogP contribution is 2.20. The zero-order chi connectivity index (χ0) is 18.5. The molecule has 0 heterocycles. The number of aryl methyl sites for hydroxylation is 1. The molecule has 0 fully saturated rings. The molecule has 1 rings (SSSR count). The van der Waals surface area contributed by atoms with Gasteiger partial charge in [-0.1, -0.05) is 13.8 Å². The number of hydrogen-bond donors (Lipinski definition) is 1. The van der Waals surface area contributed by atoms with E-state index in [1.807, 2.05) is 13.8 Å².